The molecule has 0 spiro atoms. The summed E-state index contributed by atoms with van der Waals surface area (Å²) < 4.78 is 13.2. The zero-order chi connectivity index (χ0) is 13.0. The van der Waals surface area contributed by atoms with Gasteiger partial charge in [-0.3, -0.25) is 0 Å². The molecule has 0 aliphatic rings. The number of nitrogens with zero attached hydrogens (tertiary/aromatic N) is 1. The van der Waals surface area contributed by atoms with Gasteiger partial charge in [-0.25, -0.2) is 4.39 Å². The first kappa shape index (κ1) is 12.5. The lowest BCUT2D eigenvalue weighted by molar-refractivity contribution is 0.628. The molecule has 0 heterocycles. The third kappa shape index (κ3) is 3.02. The third-order valence-corrected chi connectivity index (χ3v) is 3.15. The number of nitrogens with one attached hydrogen (secondary N) is 1. The average Bonchev–Trinajstić information content (AvgIpc) is 2.39. The van der Waals surface area contributed by atoms with Crippen LogP contribution in [0.2, 0.25) is 0 Å². The van der Waals surface area contributed by atoms with Gasteiger partial charge in [-0.05, 0) is 48.7 Å². The molecule has 2 aromatic carbocycles. The van der Waals surface area contributed by atoms with Crippen LogP contribution < -0.4 is 5.32 Å². The van der Waals surface area contributed by atoms with Crippen molar-refractivity contribution in [2.45, 2.75) is 4.90 Å². The molecule has 4 heteroatoms. The Morgan fingerprint density at radius 1 is 1.11 bits per heavy atom. The van der Waals surface area contributed by atoms with Gasteiger partial charge < -0.3 is 5.32 Å². The molecule has 0 bridgehead atoms. The smallest absolute Gasteiger partial charge is 0.126 e. The van der Waals surface area contributed by atoms with Crippen molar-refractivity contribution in [3.8, 4) is 6.07 Å². The van der Waals surface area contributed by atoms with Crippen LogP contribution in [0.5, 0.6) is 0 Å². The normalized spacial score (nSPS) is 9.83. The number of halogens is 1. The second kappa shape index (κ2) is 5.56. The first-order chi connectivity index (χ1) is 8.71. The van der Waals surface area contributed by atoms with Gasteiger partial charge in [0, 0.05) is 16.3 Å². The summed E-state index contributed by atoms with van der Waals surface area (Å²) in [6.07, 6.45) is 2.01. The number of anilines is 2. The summed E-state index contributed by atoms with van der Waals surface area (Å²) in [6.45, 7) is 0. The van der Waals surface area contributed by atoms with Gasteiger partial charge in [0.2, 0.25) is 0 Å². The van der Waals surface area contributed by atoms with Crippen molar-refractivity contribution in [3.63, 3.8) is 0 Å². The third-order valence-electron chi connectivity index (χ3n) is 2.41. The zero-order valence-corrected chi connectivity index (χ0v) is 10.6. The highest BCUT2D eigenvalue weighted by Gasteiger charge is 2.01. The molecule has 2 rings (SSSR count). The quantitative estimate of drug-likeness (QED) is 0.839. The molecule has 2 aromatic rings. The van der Waals surface area contributed by atoms with E-state index in [1.165, 1.54) is 12.1 Å². The van der Waals surface area contributed by atoms with Crippen molar-refractivity contribution in [2.75, 3.05) is 11.6 Å². The predicted molar refractivity (Wildman–Crippen MR) is 72.6 cm³/mol. The van der Waals surface area contributed by atoms with Gasteiger partial charge >= 0.3 is 0 Å². The van der Waals surface area contributed by atoms with E-state index in [1.807, 2.05) is 36.6 Å². The molecule has 0 aliphatic carbocycles. The molecule has 0 saturated heterocycles. The van der Waals surface area contributed by atoms with E-state index in [9.17, 15) is 4.39 Å². The topological polar surface area (TPSA) is 35.8 Å². The first-order valence-corrected chi connectivity index (χ1v) is 6.55. The summed E-state index contributed by atoms with van der Waals surface area (Å²) in [7, 11) is 0. The summed E-state index contributed by atoms with van der Waals surface area (Å²) >= 11 is 1.66. The average molecular weight is 258 g/mol. The number of hydrogen-bond donors (Lipinski definition) is 1. The number of thioether (sulfide) groups is 1. The Kier molecular flexibility index (Phi) is 3.85. The summed E-state index contributed by atoms with van der Waals surface area (Å²) in [5.41, 5.74) is 1.74. The molecule has 90 valence electrons. The monoisotopic (exact) mass is 258 g/mol. The van der Waals surface area contributed by atoms with Gasteiger partial charge in [-0.2, -0.15) is 5.26 Å². The van der Waals surface area contributed by atoms with E-state index in [0.29, 0.717) is 11.3 Å². The minimum absolute atomic E-state index is 0.304. The van der Waals surface area contributed by atoms with Gasteiger partial charge in [0.1, 0.15) is 5.82 Å². The van der Waals surface area contributed by atoms with Crippen LogP contribution in [0.3, 0.4) is 0 Å². The van der Waals surface area contributed by atoms with Crippen molar-refractivity contribution < 1.29 is 4.39 Å². The van der Waals surface area contributed by atoms with E-state index in [-0.39, 0.29) is 0 Å². The number of nitriles is 1. The fourth-order valence-electron chi connectivity index (χ4n) is 1.57. The molecule has 0 radical (unpaired) electrons. The van der Waals surface area contributed by atoms with Crippen molar-refractivity contribution in [1.82, 2.24) is 0 Å². The highest BCUT2D eigenvalue weighted by atomic mass is 32.2. The Labute approximate surface area is 109 Å². The van der Waals surface area contributed by atoms with Crippen molar-refractivity contribution in [3.05, 3.63) is 53.8 Å². The summed E-state index contributed by atoms with van der Waals surface area (Å²) in [5.74, 6) is -0.419. The molecule has 0 aromatic heterocycles. The minimum Gasteiger partial charge on any atom is -0.355 e. The lowest BCUT2D eigenvalue weighted by atomic mass is 10.2. The summed E-state index contributed by atoms with van der Waals surface area (Å²) in [4.78, 5) is 1.16. The maximum Gasteiger partial charge on any atom is 0.126 e. The van der Waals surface area contributed by atoms with E-state index in [1.54, 1.807) is 17.8 Å². The Morgan fingerprint density at radius 3 is 2.44 bits per heavy atom. The van der Waals surface area contributed by atoms with Gasteiger partial charge in [-0.15, -0.1) is 11.8 Å². The standard InChI is InChI=1S/C14H11FN2S/c1-18-14-4-2-12(3-5-14)17-13-7-10(9-16)6-11(15)8-13/h2-8,17H,1H3. The van der Waals surface area contributed by atoms with Gasteiger partial charge in [-0.1, -0.05) is 0 Å². The number of hydrogen-bond acceptors (Lipinski definition) is 3. The Bertz CT molecular complexity index is 588. The van der Waals surface area contributed by atoms with E-state index < -0.39 is 5.82 Å². The van der Waals surface area contributed by atoms with Crippen LogP contribution >= 0.6 is 11.8 Å². The second-order valence-electron chi connectivity index (χ2n) is 3.69. The molecule has 2 nitrogen and oxygen atoms in total. The van der Waals surface area contributed by atoms with Crippen molar-refractivity contribution in [2.24, 2.45) is 0 Å². The van der Waals surface area contributed by atoms with Crippen LogP contribution in [-0.2, 0) is 0 Å². The second-order valence-corrected chi connectivity index (χ2v) is 4.57. The van der Waals surface area contributed by atoms with Gasteiger partial charge in [0.25, 0.3) is 0 Å². The first-order valence-electron chi connectivity index (χ1n) is 5.33. The number of benzene rings is 2. The van der Waals surface area contributed by atoms with E-state index in [0.717, 1.165) is 10.6 Å². The molecule has 0 amide bonds. The number of rotatable bonds is 3. The van der Waals surface area contributed by atoms with Crippen LogP contribution in [0.1, 0.15) is 5.56 Å². The van der Waals surface area contributed by atoms with Crippen LogP contribution in [0.25, 0.3) is 0 Å². The van der Waals surface area contributed by atoms with Crippen LogP contribution in [0, 0.1) is 17.1 Å². The largest absolute Gasteiger partial charge is 0.355 e. The molecule has 0 aliphatic heterocycles. The molecule has 0 unspecified atom stereocenters. The van der Waals surface area contributed by atoms with Crippen LogP contribution in [0.4, 0.5) is 15.8 Å². The van der Waals surface area contributed by atoms with Gasteiger partial charge in [0.05, 0.1) is 11.6 Å². The highest BCUT2D eigenvalue weighted by molar-refractivity contribution is 7.98. The molecule has 0 saturated carbocycles. The summed E-state index contributed by atoms with van der Waals surface area (Å²) in [6, 6.07) is 13.9. The van der Waals surface area contributed by atoms with Crippen molar-refractivity contribution in [1.29, 1.82) is 5.26 Å². The molecule has 1 N–H and O–H groups in total. The Hall–Kier alpha value is -1.99. The van der Waals surface area contributed by atoms with E-state index in [2.05, 4.69) is 5.32 Å². The van der Waals surface area contributed by atoms with E-state index in [4.69, 9.17) is 5.26 Å². The minimum atomic E-state index is -0.419. The fourth-order valence-corrected chi connectivity index (χ4v) is 1.98. The fraction of sp³-hybridized carbons (Fsp3) is 0.0714. The van der Waals surface area contributed by atoms with Crippen LogP contribution in [-0.4, -0.2) is 6.26 Å². The molecular formula is C14H11FN2S. The lowest BCUT2D eigenvalue weighted by Gasteiger charge is -2.07. The Morgan fingerprint density at radius 2 is 1.83 bits per heavy atom. The molecule has 18 heavy (non-hydrogen) atoms. The maximum atomic E-state index is 13.2. The zero-order valence-electron chi connectivity index (χ0n) is 9.77. The van der Waals surface area contributed by atoms with Crippen molar-refractivity contribution >= 4 is 23.1 Å². The molecule has 0 fully saturated rings. The summed E-state index contributed by atoms with van der Waals surface area (Å²) in [5, 5.41) is 11.8. The van der Waals surface area contributed by atoms with Crippen LogP contribution in [0.15, 0.2) is 47.4 Å². The van der Waals surface area contributed by atoms with Gasteiger partial charge in [0.15, 0.2) is 0 Å². The SMILES string of the molecule is CSc1ccc(Nc2cc(F)cc(C#N)c2)cc1. The lowest BCUT2D eigenvalue weighted by Crippen LogP contribution is -1.92. The highest BCUT2D eigenvalue weighted by Crippen LogP contribution is 2.22. The molecular weight excluding hydrogens is 247 g/mol. The Balaban J connectivity index is 2.22. The maximum absolute atomic E-state index is 13.2. The predicted octanol–water partition coefficient (Wildman–Crippen LogP) is 4.16. The molecule has 0 atom stereocenters. The van der Waals surface area contributed by atoms with E-state index >= 15 is 0 Å².